The topological polar surface area (TPSA) is 55.1 Å². The van der Waals surface area contributed by atoms with E-state index in [0.29, 0.717) is 28.2 Å². The van der Waals surface area contributed by atoms with E-state index in [1.807, 2.05) is 0 Å². The van der Waals surface area contributed by atoms with Crippen LogP contribution in [0.25, 0.3) is 11.4 Å². The number of aliphatic hydroxyl groups is 1. The summed E-state index contributed by atoms with van der Waals surface area (Å²) in [5.74, 6) is -0.489. The Morgan fingerprint density at radius 1 is 1.08 bits per heavy atom. The summed E-state index contributed by atoms with van der Waals surface area (Å²) in [7, 11) is 0. The van der Waals surface area contributed by atoms with Gasteiger partial charge in [0.15, 0.2) is 0 Å². The normalized spacial score (nSPS) is 10.9. The van der Waals surface area contributed by atoms with Gasteiger partial charge in [-0.2, -0.15) is 0 Å². The van der Waals surface area contributed by atoms with Gasteiger partial charge < -0.3 is 5.11 Å². The molecule has 0 radical (unpaired) electrons. The minimum Gasteiger partial charge on any atom is -0.396 e. The molecule has 3 aromatic rings. The molecule has 0 saturated carbocycles. The van der Waals surface area contributed by atoms with E-state index in [2.05, 4.69) is 4.98 Å². The molecule has 0 aliphatic heterocycles. The molecule has 0 saturated heterocycles. The first-order chi connectivity index (χ1) is 12.5. The first-order valence-corrected chi connectivity index (χ1v) is 8.21. The van der Waals surface area contributed by atoms with E-state index in [4.69, 9.17) is 0 Å². The second-order valence-corrected chi connectivity index (χ2v) is 5.96. The second-order valence-electron chi connectivity index (χ2n) is 5.96. The van der Waals surface area contributed by atoms with Gasteiger partial charge in [0.05, 0.1) is 6.54 Å². The number of nitrogens with zero attached hydrogens (tertiary/aromatic N) is 2. The standard InChI is InChI=1S/C20H18F2N2O2/c1-13-17(10-11-25)20(26)24(12-15-4-2-3-5-18(15)22)19(23-13)14-6-8-16(21)9-7-14/h2-9,25H,10-12H2,1H3. The molecule has 2 aromatic carbocycles. The number of halogens is 2. The highest BCUT2D eigenvalue weighted by atomic mass is 19.1. The van der Waals surface area contributed by atoms with Gasteiger partial charge in [0, 0.05) is 35.4 Å². The Bertz CT molecular complexity index is 982. The Kier molecular flexibility index (Phi) is 5.23. The highest BCUT2D eigenvalue weighted by molar-refractivity contribution is 5.56. The van der Waals surface area contributed by atoms with E-state index >= 15 is 0 Å². The molecule has 1 N–H and O–H groups in total. The Morgan fingerprint density at radius 2 is 1.77 bits per heavy atom. The summed E-state index contributed by atoms with van der Waals surface area (Å²) in [6, 6.07) is 11.8. The second kappa shape index (κ2) is 7.58. The maximum absolute atomic E-state index is 14.1. The summed E-state index contributed by atoms with van der Waals surface area (Å²) < 4.78 is 28.7. The predicted molar refractivity (Wildman–Crippen MR) is 94.9 cm³/mol. The van der Waals surface area contributed by atoms with Gasteiger partial charge in [-0.05, 0) is 37.3 Å². The monoisotopic (exact) mass is 356 g/mol. The molecule has 4 nitrogen and oxygen atoms in total. The average molecular weight is 356 g/mol. The van der Waals surface area contributed by atoms with E-state index in [0.717, 1.165) is 0 Å². The predicted octanol–water partition coefficient (Wildman–Crippen LogP) is 3.08. The quantitative estimate of drug-likeness (QED) is 0.764. The summed E-state index contributed by atoms with van der Waals surface area (Å²) in [5.41, 5.74) is 1.44. The van der Waals surface area contributed by atoms with Gasteiger partial charge in [-0.15, -0.1) is 0 Å². The lowest BCUT2D eigenvalue weighted by molar-refractivity contribution is 0.298. The first kappa shape index (κ1) is 17.9. The lowest BCUT2D eigenvalue weighted by atomic mass is 10.1. The summed E-state index contributed by atoms with van der Waals surface area (Å²) in [5, 5.41) is 9.23. The molecule has 0 bridgehead atoms. The Hall–Kier alpha value is -2.86. The Labute approximate surface area is 149 Å². The van der Waals surface area contributed by atoms with E-state index in [9.17, 15) is 18.7 Å². The molecule has 134 valence electrons. The summed E-state index contributed by atoms with van der Waals surface area (Å²) >= 11 is 0. The maximum atomic E-state index is 14.1. The van der Waals surface area contributed by atoms with E-state index < -0.39 is 11.6 Å². The van der Waals surface area contributed by atoms with Crippen molar-refractivity contribution in [1.29, 1.82) is 0 Å². The van der Waals surface area contributed by atoms with Crippen LogP contribution >= 0.6 is 0 Å². The van der Waals surface area contributed by atoms with Gasteiger partial charge in [0.2, 0.25) is 0 Å². The fraction of sp³-hybridized carbons (Fsp3) is 0.200. The minimum atomic E-state index is -0.422. The van der Waals surface area contributed by atoms with Crippen LogP contribution in [-0.2, 0) is 13.0 Å². The zero-order chi connectivity index (χ0) is 18.7. The first-order valence-electron chi connectivity index (χ1n) is 8.21. The van der Waals surface area contributed by atoms with Crippen molar-refractivity contribution >= 4 is 0 Å². The number of aliphatic hydroxyl groups excluding tert-OH is 1. The van der Waals surface area contributed by atoms with E-state index in [1.54, 1.807) is 25.1 Å². The van der Waals surface area contributed by atoms with Crippen molar-refractivity contribution in [2.75, 3.05) is 6.61 Å². The number of hydrogen-bond donors (Lipinski definition) is 1. The molecule has 0 unspecified atom stereocenters. The van der Waals surface area contributed by atoms with Gasteiger partial charge in [-0.1, -0.05) is 18.2 Å². The zero-order valence-corrected chi connectivity index (χ0v) is 14.2. The third-order valence-corrected chi connectivity index (χ3v) is 4.22. The molecule has 0 atom stereocenters. The molecular formula is C20H18F2N2O2. The summed E-state index contributed by atoms with van der Waals surface area (Å²) in [6.45, 7) is 1.49. The van der Waals surface area contributed by atoms with Crippen LogP contribution in [0, 0.1) is 18.6 Å². The molecule has 6 heteroatoms. The molecule has 0 spiro atoms. The molecule has 1 heterocycles. The third kappa shape index (κ3) is 3.55. The van der Waals surface area contributed by atoms with Crippen LogP contribution in [-0.4, -0.2) is 21.3 Å². The molecule has 0 fully saturated rings. The Balaban J connectivity index is 2.21. The van der Waals surface area contributed by atoms with Crippen molar-refractivity contribution < 1.29 is 13.9 Å². The minimum absolute atomic E-state index is 0.01000. The number of rotatable bonds is 5. The van der Waals surface area contributed by atoms with Gasteiger partial charge in [0.25, 0.3) is 5.56 Å². The van der Waals surface area contributed by atoms with Crippen LogP contribution in [0.5, 0.6) is 0 Å². The zero-order valence-electron chi connectivity index (χ0n) is 14.2. The highest BCUT2D eigenvalue weighted by Gasteiger charge is 2.17. The SMILES string of the molecule is Cc1nc(-c2ccc(F)cc2)n(Cc2ccccc2F)c(=O)c1CCO. The Morgan fingerprint density at radius 3 is 2.42 bits per heavy atom. The van der Waals surface area contributed by atoms with Gasteiger partial charge in [0.1, 0.15) is 17.5 Å². The van der Waals surface area contributed by atoms with Crippen molar-refractivity contribution in [1.82, 2.24) is 9.55 Å². The molecule has 0 amide bonds. The van der Waals surface area contributed by atoms with Crippen LogP contribution in [0.15, 0.2) is 53.3 Å². The third-order valence-electron chi connectivity index (χ3n) is 4.22. The van der Waals surface area contributed by atoms with Crippen LogP contribution in [0.2, 0.25) is 0 Å². The molecule has 0 aliphatic carbocycles. The number of aromatic nitrogens is 2. The van der Waals surface area contributed by atoms with Crippen molar-refractivity contribution in [3.63, 3.8) is 0 Å². The van der Waals surface area contributed by atoms with Crippen LogP contribution in [0.3, 0.4) is 0 Å². The summed E-state index contributed by atoms with van der Waals surface area (Å²) in [6.07, 6.45) is 0.165. The van der Waals surface area contributed by atoms with E-state index in [-0.39, 0.29) is 25.1 Å². The van der Waals surface area contributed by atoms with Crippen molar-refractivity contribution in [3.05, 3.63) is 87.3 Å². The van der Waals surface area contributed by atoms with Crippen molar-refractivity contribution in [2.24, 2.45) is 0 Å². The number of hydrogen-bond acceptors (Lipinski definition) is 3. The van der Waals surface area contributed by atoms with Crippen molar-refractivity contribution in [2.45, 2.75) is 19.9 Å². The molecular weight excluding hydrogens is 338 g/mol. The highest BCUT2D eigenvalue weighted by Crippen LogP contribution is 2.20. The largest absolute Gasteiger partial charge is 0.396 e. The molecule has 3 rings (SSSR count). The van der Waals surface area contributed by atoms with Gasteiger partial charge in [-0.3, -0.25) is 9.36 Å². The molecule has 26 heavy (non-hydrogen) atoms. The fourth-order valence-electron chi connectivity index (χ4n) is 2.86. The van der Waals surface area contributed by atoms with Crippen LogP contribution in [0.1, 0.15) is 16.8 Å². The summed E-state index contributed by atoms with van der Waals surface area (Å²) in [4.78, 5) is 17.5. The van der Waals surface area contributed by atoms with Crippen LogP contribution < -0.4 is 5.56 Å². The average Bonchev–Trinajstić information content (AvgIpc) is 2.63. The molecule has 1 aromatic heterocycles. The van der Waals surface area contributed by atoms with E-state index in [1.165, 1.54) is 34.9 Å². The van der Waals surface area contributed by atoms with Gasteiger partial charge in [-0.25, -0.2) is 13.8 Å². The lowest BCUT2D eigenvalue weighted by Crippen LogP contribution is -2.29. The maximum Gasteiger partial charge on any atom is 0.257 e. The van der Waals surface area contributed by atoms with Gasteiger partial charge >= 0.3 is 0 Å². The van der Waals surface area contributed by atoms with Crippen LogP contribution in [0.4, 0.5) is 8.78 Å². The lowest BCUT2D eigenvalue weighted by Gasteiger charge is -2.16. The number of benzene rings is 2. The number of aryl methyl sites for hydroxylation is 1. The smallest absolute Gasteiger partial charge is 0.257 e. The fourth-order valence-corrected chi connectivity index (χ4v) is 2.86. The molecule has 0 aliphatic rings. The van der Waals surface area contributed by atoms with Crippen molar-refractivity contribution in [3.8, 4) is 11.4 Å².